The highest BCUT2D eigenvalue weighted by Gasteiger charge is 2.19. The van der Waals surface area contributed by atoms with E-state index in [1.54, 1.807) is 0 Å². The van der Waals surface area contributed by atoms with Crippen LogP contribution in [0.1, 0.15) is 342 Å². The smallest absolute Gasteiger partial charge is 0.306 e. The molecule has 0 N–H and O–H groups in total. The maximum atomic E-state index is 12.9. The second kappa shape index (κ2) is 56.7. The Morgan fingerprint density at radius 2 is 0.493 bits per heavy atom. The average Bonchev–Trinajstić information content (AvgIpc) is 3.33. The molecule has 67 heavy (non-hydrogen) atoms. The zero-order valence-corrected chi connectivity index (χ0v) is 45.5. The topological polar surface area (TPSA) is 78.9 Å². The number of ether oxygens (including phenoxy) is 3. The molecule has 0 unspecified atom stereocenters. The van der Waals surface area contributed by atoms with E-state index in [4.69, 9.17) is 14.2 Å². The lowest BCUT2D eigenvalue weighted by Gasteiger charge is -2.18. The molecule has 396 valence electrons. The van der Waals surface area contributed by atoms with Crippen LogP contribution in [0.3, 0.4) is 0 Å². The van der Waals surface area contributed by atoms with Gasteiger partial charge in [-0.15, -0.1) is 0 Å². The fourth-order valence-corrected chi connectivity index (χ4v) is 9.21. The van der Waals surface area contributed by atoms with Crippen LogP contribution in [0.2, 0.25) is 0 Å². The molecule has 0 aromatic rings. The number of hydrogen-bond acceptors (Lipinski definition) is 6. The van der Waals surface area contributed by atoms with Gasteiger partial charge in [-0.25, -0.2) is 0 Å². The molecule has 6 nitrogen and oxygen atoms in total. The van der Waals surface area contributed by atoms with Crippen molar-refractivity contribution in [3.05, 3.63) is 12.2 Å². The van der Waals surface area contributed by atoms with Crippen molar-refractivity contribution in [1.82, 2.24) is 0 Å². The molecule has 0 rings (SSSR count). The molecule has 0 saturated heterocycles. The first-order valence-electron chi connectivity index (χ1n) is 30.2. The van der Waals surface area contributed by atoms with Crippen molar-refractivity contribution in [3.8, 4) is 0 Å². The largest absolute Gasteiger partial charge is 0.462 e. The third-order valence-corrected chi connectivity index (χ3v) is 13.8. The standard InChI is InChI=1S/C61H116O6/c1-4-7-10-13-16-19-22-25-28-30-31-32-34-36-39-42-45-48-51-54-60(63)66-57-58(56-65-59(62)53-50-47-44-41-38-35-27-24-21-18-15-12-9-6-3)67-61(64)55-52-49-46-43-40-37-33-29-26-23-20-17-14-11-8-5-2/h24,27,58H,4-23,25-26,28-57H2,1-3H3/b27-24+/t58-/m1/s1. The van der Waals surface area contributed by atoms with Crippen molar-refractivity contribution >= 4 is 17.9 Å². The van der Waals surface area contributed by atoms with Gasteiger partial charge in [0.2, 0.25) is 0 Å². The molecule has 1 atom stereocenters. The van der Waals surface area contributed by atoms with Crippen LogP contribution in [-0.4, -0.2) is 37.2 Å². The fourth-order valence-electron chi connectivity index (χ4n) is 9.21. The lowest BCUT2D eigenvalue weighted by molar-refractivity contribution is -0.167. The number of carbonyl (C=O) groups is 3. The van der Waals surface area contributed by atoms with Crippen LogP contribution in [0, 0.1) is 0 Å². The molecular weight excluding hydrogens is 829 g/mol. The van der Waals surface area contributed by atoms with Crippen LogP contribution in [0.15, 0.2) is 12.2 Å². The summed E-state index contributed by atoms with van der Waals surface area (Å²) in [6.45, 7) is 6.69. The molecular formula is C61H116O6. The van der Waals surface area contributed by atoms with E-state index in [1.807, 2.05) is 0 Å². The van der Waals surface area contributed by atoms with Crippen molar-refractivity contribution in [1.29, 1.82) is 0 Å². The van der Waals surface area contributed by atoms with E-state index in [0.29, 0.717) is 19.3 Å². The quantitative estimate of drug-likeness (QED) is 0.0262. The van der Waals surface area contributed by atoms with Gasteiger partial charge < -0.3 is 14.2 Å². The van der Waals surface area contributed by atoms with Gasteiger partial charge in [-0.05, 0) is 44.9 Å². The zero-order valence-electron chi connectivity index (χ0n) is 45.5. The van der Waals surface area contributed by atoms with Crippen molar-refractivity contribution < 1.29 is 28.6 Å². The van der Waals surface area contributed by atoms with Crippen LogP contribution in [0.25, 0.3) is 0 Å². The first-order valence-corrected chi connectivity index (χ1v) is 30.2. The first kappa shape index (κ1) is 65.1. The Hall–Kier alpha value is -1.85. The monoisotopic (exact) mass is 945 g/mol. The summed E-state index contributed by atoms with van der Waals surface area (Å²) in [5, 5.41) is 0. The highest BCUT2D eigenvalue weighted by Crippen LogP contribution is 2.18. The lowest BCUT2D eigenvalue weighted by Crippen LogP contribution is -2.30. The van der Waals surface area contributed by atoms with Gasteiger partial charge in [-0.1, -0.05) is 290 Å². The van der Waals surface area contributed by atoms with Gasteiger partial charge in [0.1, 0.15) is 13.2 Å². The highest BCUT2D eigenvalue weighted by molar-refractivity contribution is 5.71. The number of carbonyl (C=O) groups excluding carboxylic acids is 3. The summed E-state index contributed by atoms with van der Waals surface area (Å²) in [5.41, 5.74) is 0. The van der Waals surface area contributed by atoms with Crippen LogP contribution in [0.5, 0.6) is 0 Å². The van der Waals surface area contributed by atoms with Gasteiger partial charge in [0.15, 0.2) is 6.10 Å². The number of hydrogen-bond donors (Lipinski definition) is 0. The van der Waals surface area contributed by atoms with Gasteiger partial charge in [-0.2, -0.15) is 0 Å². The first-order chi connectivity index (χ1) is 33.0. The number of esters is 3. The van der Waals surface area contributed by atoms with Gasteiger partial charge in [0, 0.05) is 19.3 Å². The Bertz CT molecular complexity index is 1040. The molecule has 0 saturated carbocycles. The molecule has 0 radical (unpaired) electrons. The molecule has 0 aliphatic rings. The summed E-state index contributed by atoms with van der Waals surface area (Å²) in [4.78, 5) is 38.2. The summed E-state index contributed by atoms with van der Waals surface area (Å²) in [7, 11) is 0. The summed E-state index contributed by atoms with van der Waals surface area (Å²) >= 11 is 0. The number of allylic oxidation sites excluding steroid dienone is 2. The molecule has 0 aliphatic carbocycles. The molecule has 0 bridgehead atoms. The Labute approximate surface area is 418 Å². The van der Waals surface area contributed by atoms with Gasteiger partial charge in [-0.3, -0.25) is 14.4 Å². The Kier molecular flexibility index (Phi) is 55.2. The fraction of sp³-hybridized carbons (Fsp3) is 0.918. The second-order valence-corrected chi connectivity index (χ2v) is 20.6. The van der Waals surface area contributed by atoms with Crippen LogP contribution < -0.4 is 0 Å². The number of unbranched alkanes of at least 4 members (excludes halogenated alkanes) is 43. The van der Waals surface area contributed by atoms with Gasteiger partial charge in [0.25, 0.3) is 0 Å². The minimum Gasteiger partial charge on any atom is -0.462 e. The normalized spacial score (nSPS) is 12.0. The minimum absolute atomic E-state index is 0.0662. The lowest BCUT2D eigenvalue weighted by atomic mass is 10.0. The van der Waals surface area contributed by atoms with E-state index >= 15 is 0 Å². The summed E-state index contributed by atoms with van der Waals surface area (Å²) in [6.07, 6.45) is 64.9. The summed E-state index contributed by atoms with van der Waals surface area (Å²) in [5.74, 6) is -0.848. The van der Waals surface area contributed by atoms with Crippen LogP contribution in [-0.2, 0) is 28.6 Å². The van der Waals surface area contributed by atoms with Crippen LogP contribution >= 0.6 is 0 Å². The minimum atomic E-state index is -0.768. The molecule has 0 aromatic heterocycles. The van der Waals surface area contributed by atoms with Crippen LogP contribution in [0.4, 0.5) is 0 Å². The number of rotatable bonds is 56. The third-order valence-electron chi connectivity index (χ3n) is 13.8. The summed E-state index contributed by atoms with van der Waals surface area (Å²) in [6, 6.07) is 0. The molecule has 0 aromatic carbocycles. The predicted octanol–water partition coefficient (Wildman–Crippen LogP) is 20.1. The van der Waals surface area contributed by atoms with Gasteiger partial charge >= 0.3 is 17.9 Å². The Morgan fingerprint density at radius 3 is 0.746 bits per heavy atom. The maximum absolute atomic E-state index is 12.9. The van der Waals surface area contributed by atoms with Gasteiger partial charge in [0.05, 0.1) is 0 Å². The maximum Gasteiger partial charge on any atom is 0.306 e. The Morgan fingerprint density at radius 1 is 0.284 bits per heavy atom. The molecule has 0 amide bonds. The molecule has 0 heterocycles. The van der Waals surface area contributed by atoms with Crippen molar-refractivity contribution in [2.24, 2.45) is 0 Å². The third kappa shape index (κ3) is 55.0. The van der Waals surface area contributed by atoms with E-state index in [0.717, 1.165) is 64.2 Å². The molecule has 6 heteroatoms. The van der Waals surface area contributed by atoms with E-state index in [1.165, 1.54) is 238 Å². The molecule has 0 fully saturated rings. The van der Waals surface area contributed by atoms with E-state index in [2.05, 4.69) is 32.9 Å². The average molecular weight is 946 g/mol. The Balaban J connectivity index is 4.29. The molecule has 0 aliphatic heterocycles. The van der Waals surface area contributed by atoms with E-state index in [-0.39, 0.29) is 31.1 Å². The van der Waals surface area contributed by atoms with Crippen molar-refractivity contribution in [2.45, 2.75) is 348 Å². The predicted molar refractivity (Wildman–Crippen MR) is 289 cm³/mol. The van der Waals surface area contributed by atoms with E-state index in [9.17, 15) is 14.4 Å². The van der Waals surface area contributed by atoms with Crippen molar-refractivity contribution in [3.63, 3.8) is 0 Å². The second-order valence-electron chi connectivity index (χ2n) is 20.6. The zero-order chi connectivity index (χ0) is 48.6. The van der Waals surface area contributed by atoms with E-state index < -0.39 is 6.10 Å². The highest BCUT2D eigenvalue weighted by atomic mass is 16.6. The SMILES string of the molecule is CCCCCCC/C=C/CCCCCCCC(=O)OC[C@H](COC(=O)CCCCCCCCCCCCCCCCCCCCC)OC(=O)CCCCCCCCCCCCCCCCCC. The summed E-state index contributed by atoms with van der Waals surface area (Å²) < 4.78 is 16.9. The van der Waals surface area contributed by atoms with Crippen molar-refractivity contribution in [2.75, 3.05) is 13.2 Å². The molecule has 0 spiro atoms.